The van der Waals surface area contributed by atoms with Crippen LogP contribution >= 0.6 is 0 Å². The highest BCUT2D eigenvalue weighted by Gasteiger charge is 2.21. The number of halogens is 3. The standard InChI is InChI=1S/C21H20F3N9/c22-5-1-2-18-27-20-15-13-26-32(19(15)28-21(25)33(20)29-18)11-8-30-6-9-31(10-7-30)17-4-3-14(23)12-16(17)24/h3-4,12-13H,5-11H2,(H2,25,28). The number of hydrogen-bond donors (Lipinski definition) is 1. The molecular weight excluding hydrogens is 435 g/mol. The lowest BCUT2D eigenvalue weighted by Gasteiger charge is -2.36. The fourth-order valence-corrected chi connectivity index (χ4v) is 3.97. The number of nitrogens with two attached hydrogens (primary N) is 1. The number of anilines is 2. The van der Waals surface area contributed by atoms with Gasteiger partial charge in [0.05, 0.1) is 23.8 Å². The van der Waals surface area contributed by atoms with Crippen LogP contribution in [0.5, 0.6) is 0 Å². The molecule has 1 aliphatic heterocycles. The number of alkyl halides is 1. The van der Waals surface area contributed by atoms with Gasteiger partial charge in [-0.1, -0.05) is 5.92 Å². The second-order valence-corrected chi connectivity index (χ2v) is 7.61. The minimum absolute atomic E-state index is 0.134. The fourth-order valence-electron chi connectivity index (χ4n) is 3.97. The van der Waals surface area contributed by atoms with E-state index in [0.29, 0.717) is 48.5 Å². The fraction of sp³-hybridized carbons (Fsp3) is 0.333. The van der Waals surface area contributed by atoms with Crippen molar-refractivity contribution in [3.05, 3.63) is 41.9 Å². The van der Waals surface area contributed by atoms with E-state index in [1.54, 1.807) is 10.9 Å². The van der Waals surface area contributed by atoms with Gasteiger partial charge in [0, 0.05) is 38.8 Å². The zero-order chi connectivity index (χ0) is 22.9. The molecule has 1 aromatic carbocycles. The molecule has 0 unspecified atom stereocenters. The quantitative estimate of drug-likeness (QED) is 0.466. The molecule has 0 atom stereocenters. The van der Waals surface area contributed by atoms with Crippen molar-refractivity contribution in [2.75, 3.05) is 50.0 Å². The maximum absolute atomic E-state index is 14.1. The highest BCUT2D eigenvalue weighted by molar-refractivity contribution is 5.89. The molecule has 9 nitrogen and oxygen atoms in total. The topological polar surface area (TPSA) is 93.4 Å². The Hall–Kier alpha value is -3.85. The molecule has 1 fully saturated rings. The number of hydrogen-bond acceptors (Lipinski definition) is 7. The molecule has 3 aromatic heterocycles. The van der Waals surface area contributed by atoms with E-state index < -0.39 is 18.3 Å². The number of fused-ring (bicyclic) bond motifs is 3. The molecule has 5 rings (SSSR count). The van der Waals surface area contributed by atoms with Crippen LogP contribution in [0.3, 0.4) is 0 Å². The van der Waals surface area contributed by atoms with Crippen molar-refractivity contribution in [2.45, 2.75) is 6.54 Å². The van der Waals surface area contributed by atoms with Crippen molar-refractivity contribution >= 4 is 28.3 Å². The predicted molar refractivity (Wildman–Crippen MR) is 116 cm³/mol. The maximum Gasteiger partial charge on any atom is 0.226 e. The first-order valence-corrected chi connectivity index (χ1v) is 10.4. The normalized spacial score (nSPS) is 14.7. The Morgan fingerprint density at radius 2 is 1.85 bits per heavy atom. The smallest absolute Gasteiger partial charge is 0.226 e. The van der Waals surface area contributed by atoms with Gasteiger partial charge in [-0.2, -0.15) is 19.6 Å². The van der Waals surface area contributed by atoms with E-state index >= 15 is 0 Å². The predicted octanol–water partition coefficient (Wildman–Crippen LogP) is 1.48. The summed E-state index contributed by atoms with van der Waals surface area (Å²) in [6, 6.07) is 3.66. The second kappa shape index (κ2) is 8.59. The van der Waals surface area contributed by atoms with Gasteiger partial charge < -0.3 is 10.6 Å². The van der Waals surface area contributed by atoms with Gasteiger partial charge in [-0.15, -0.1) is 5.10 Å². The van der Waals surface area contributed by atoms with Crippen LogP contribution in [0.15, 0.2) is 24.4 Å². The molecule has 0 bridgehead atoms. The number of benzene rings is 1. The number of rotatable bonds is 4. The molecule has 0 spiro atoms. The Morgan fingerprint density at radius 1 is 1.03 bits per heavy atom. The average molecular weight is 455 g/mol. The van der Waals surface area contributed by atoms with E-state index in [0.717, 1.165) is 19.2 Å². The molecule has 33 heavy (non-hydrogen) atoms. The molecule has 0 radical (unpaired) electrons. The summed E-state index contributed by atoms with van der Waals surface area (Å²) >= 11 is 0. The number of nitrogens with zero attached hydrogens (tertiary/aromatic N) is 8. The Morgan fingerprint density at radius 3 is 2.61 bits per heavy atom. The number of nitrogen functional groups attached to an aromatic ring is 1. The first-order chi connectivity index (χ1) is 16.0. The van der Waals surface area contributed by atoms with Crippen molar-refractivity contribution in [3.63, 3.8) is 0 Å². The van der Waals surface area contributed by atoms with Gasteiger partial charge in [-0.3, -0.25) is 4.90 Å². The van der Waals surface area contributed by atoms with Crippen LogP contribution in [0.4, 0.5) is 24.8 Å². The summed E-state index contributed by atoms with van der Waals surface area (Å²) in [6.45, 7) is 3.23. The molecule has 170 valence electrons. The minimum Gasteiger partial charge on any atom is -0.368 e. The largest absolute Gasteiger partial charge is 0.368 e. The van der Waals surface area contributed by atoms with Gasteiger partial charge in [-0.05, 0) is 18.1 Å². The first kappa shape index (κ1) is 21.0. The van der Waals surface area contributed by atoms with Gasteiger partial charge in [-0.25, -0.2) is 17.9 Å². The first-order valence-electron chi connectivity index (χ1n) is 10.4. The van der Waals surface area contributed by atoms with Crippen LogP contribution in [0.1, 0.15) is 5.82 Å². The third kappa shape index (κ3) is 4.03. The molecule has 0 saturated carbocycles. The highest BCUT2D eigenvalue weighted by Crippen LogP contribution is 2.22. The van der Waals surface area contributed by atoms with Crippen molar-refractivity contribution < 1.29 is 13.2 Å². The number of aromatic nitrogens is 6. The minimum atomic E-state index is -0.788. The summed E-state index contributed by atoms with van der Waals surface area (Å²) in [5.41, 5.74) is 7.49. The summed E-state index contributed by atoms with van der Waals surface area (Å²) in [5.74, 6) is 4.00. The summed E-state index contributed by atoms with van der Waals surface area (Å²) < 4.78 is 42.7. The zero-order valence-corrected chi connectivity index (χ0v) is 17.5. The highest BCUT2D eigenvalue weighted by atomic mass is 19.1. The summed E-state index contributed by atoms with van der Waals surface area (Å²) in [6.07, 6.45) is 1.65. The van der Waals surface area contributed by atoms with Crippen LogP contribution in [0.25, 0.3) is 16.7 Å². The van der Waals surface area contributed by atoms with Crippen molar-refractivity contribution in [1.29, 1.82) is 0 Å². The molecule has 0 amide bonds. The lowest BCUT2D eigenvalue weighted by Crippen LogP contribution is -2.47. The average Bonchev–Trinajstić information content (AvgIpc) is 3.41. The Labute approximate surface area is 186 Å². The van der Waals surface area contributed by atoms with Crippen LogP contribution < -0.4 is 10.6 Å². The third-order valence-corrected chi connectivity index (χ3v) is 5.61. The van der Waals surface area contributed by atoms with Crippen LogP contribution in [0.2, 0.25) is 0 Å². The molecule has 2 N–H and O–H groups in total. The summed E-state index contributed by atoms with van der Waals surface area (Å²) in [4.78, 5) is 12.9. The molecule has 12 heteroatoms. The summed E-state index contributed by atoms with van der Waals surface area (Å²) in [5, 5.41) is 9.24. The van der Waals surface area contributed by atoms with E-state index in [2.05, 4.69) is 36.9 Å². The molecule has 1 aliphatic rings. The Balaban J connectivity index is 1.28. The molecule has 1 saturated heterocycles. The van der Waals surface area contributed by atoms with E-state index in [1.807, 2.05) is 4.90 Å². The zero-order valence-electron chi connectivity index (χ0n) is 17.5. The van der Waals surface area contributed by atoms with Crippen molar-refractivity contribution in [1.82, 2.24) is 34.3 Å². The Kier molecular flexibility index (Phi) is 5.47. The lowest BCUT2D eigenvalue weighted by atomic mass is 10.2. The van der Waals surface area contributed by atoms with E-state index in [-0.39, 0.29) is 11.8 Å². The summed E-state index contributed by atoms with van der Waals surface area (Å²) in [7, 11) is 0. The molecule has 0 aliphatic carbocycles. The van der Waals surface area contributed by atoms with E-state index in [9.17, 15) is 13.2 Å². The van der Waals surface area contributed by atoms with Gasteiger partial charge in [0.25, 0.3) is 0 Å². The molecule has 4 heterocycles. The number of piperazine rings is 1. The van der Waals surface area contributed by atoms with Crippen molar-refractivity contribution in [3.8, 4) is 11.8 Å². The maximum atomic E-state index is 14.1. The van der Waals surface area contributed by atoms with Crippen LogP contribution in [-0.2, 0) is 6.54 Å². The Bertz CT molecular complexity index is 1380. The van der Waals surface area contributed by atoms with E-state index in [1.165, 1.54) is 16.6 Å². The van der Waals surface area contributed by atoms with E-state index in [4.69, 9.17) is 5.73 Å². The second-order valence-electron chi connectivity index (χ2n) is 7.61. The van der Waals surface area contributed by atoms with Crippen molar-refractivity contribution in [2.24, 2.45) is 0 Å². The van der Waals surface area contributed by atoms with Crippen LogP contribution in [-0.4, -0.2) is 73.7 Å². The van der Waals surface area contributed by atoms with Gasteiger partial charge in [0.1, 0.15) is 11.6 Å². The third-order valence-electron chi connectivity index (χ3n) is 5.61. The van der Waals surface area contributed by atoms with Crippen LogP contribution in [0, 0.1) is 23.5 Å². The molecule has 4 aromatic rings. The van der Waals surface area contributed by atoms with Gasteiger partial charge >= 0.3 is 0 Å². The SMILES string of the molecule is Nc1nc2c(cnn2CCN2CCN(c3ccc(F)cc3F)CC2)c2nc(C#CCF)nn12. The van der Waals surface area contributed by atoms with Gasteiger partial charge in [0.2, 0.25) is 11.8 Å². The molecular formula is C21H20F3N9. The lowest BCUT2D eigenvalue weighted by molar-refractivity contribution is 0.245. The monoisotopic (exact) mass is 455 g/mol. The van der Waals surface area contributed by atoms with Gasteiger partial charge in [0.15, 0.2) is 18.0 Å².